The van der Waals surface area contributed by atoms with Crippen molar-refractivity contribution in [3.8, 4) is 0 Å². The minimum Gasteiger partial charge on any atom is -0.254 e. The lowest BCUT2D eigenvalue weighted by atomic mass is 10.0. The summed E-state index contributed by atoms with van der Waals surface area (Å²) in [6.07, 6.45) is 3.25. The van der Waals surface area contributed by atoms with Crippen molar-refractivity contribution in [3.05, 3.63) is 63.6 Å². The molecule has 132 valence electrons. The normalized spacial score (nSPS) is 16.0. The topological polar surface area (TPSA) is 50.3 Å². The van der Waals surface area contributed by atoms with E-state index in [1.54, 1.807) is 0 Å². The van der Waals surface area contributed by atoms with Gasteiger partial charge < -0.3 is 0 Å². The molecule has 1 fully saturated rings. The third-order valence-electron chi connectivity index (χ3n) is 4.14. The van der Waals surface area contributed by atoms with Crippen LogP contribution in [-0.2, 0) is 10.0 Å². The summed E-state index contributed by atoms with van der Waals surface area (Å²) in [5.41, 5.74) is 2.98. The Hall–Kier alpha value is -1.57. The van der Waals surface area contributed by atoms with E-state index in [2.05, 4.69) is 20.9 Å². The molecule has 0 N–H and O–H groups in total. The fraction of sp³-hybridized carbons (Fsp3) is 0.278. The van der Waals surface area contributed by atoms with Gasteiger partial charge in [0.15, 0.2) is 0 Å². The first-order chi connectivity index (χ1) is 11.9. The first-order valence-corrected chi connectivity index (χ1v) is 10.2. The zero-order valence-electron chi connectivity index (χ0n) is 13.7. The lowest BCUT2D eigenvalue weighted by Crippen LogP contribution is -2.36. The van der Waals surface area contributed by atoms with Gasteiger partial charge in [0.05, 0.1) is 5.69 Å². The summed E-state index contributed by atoms with van der Waals surface area (Å²) in [7, 11) is -3.82. The number of nitrogens with zero attached hydrogens (tertiary/aromatic N) is 2. The molecule has 0 unspecified atom stereocenters. The Balaban J connectivity index is 1.75. The Morgan fingerprint density at radius 1 is 1.20 bits per heavy atom. The molecule has 0 bridgehead atoms. The van der Waals surface area contributed by atoms with Crippen molar-refractivity contribution in [2.45, 2.75) is 24.7 Å². The molecular formula is C18H18BrFN2O2S. The SMILES string of the molecule is Cc1cccc(C=C2CCN(S(=O)(=O)c3ccc(Br)cc3F)CC2)n1. The zero-order chi connectivity index (χ0) is 18.0. The smallest absolute Gasteiger partial charge is 0.246 e. The lowest BCUT2D eigenvalue weighted by molar-refractivity contribution is 0.385. The molecular weight excluding hydrogens is 407 g/mol. The van der Waals surface area contributed by atoms with Gasteiger partial charge in [-0.25, -0.2) is 12.8 Å². The summed E-state index contributed by atoms with van der Waals surface area (Å²) in [6, 6.07) is 9.83. The number of benzene rings is 1. The van der Waals surface area contributed by atoms with E-state index in [0.717, 1.165) is 17.0 Å². The molecule has 0 atom stereocenters. The molecule has 1 aromatic carbocycles. The van der Waals surface area contributed by atoms with Crippen LogP contribution in [0.1, 0.15) is 24.2 Å². The van der Waals surface area contributed by atoms with Crippen molar-refractivity contribution in [1.82, 2.24) is 9.29 Å². The van der Waals surface area contributed by atoms with E-state index in [0.29, 0.717) is 30.4 Å². The standard InChI is InChI=1S/C18H18BrFN2O2S/c1-13-3-2-4-16(21-13)11-14-7-9-22(10-8-14)25(23,24)18-6-5-15(19)12-17(18)20/h2-6,11-12H,7-10H2,1H3. The number of aryl methyl sites for hydroxylation is 1. The number of hydrogen-bond acceptors (Lipinski definition) is 3. The van der Waals surface area contributed by atoms with E-state index in [1.165, 1.54) is 22.5 Å². The molecule has 2 heterocycles. The van der Waals surface area contributed by atoms with Crippen molar-refractivity contribution in [1.29, 1.82) is 0 Å². The van der Waals surface area contributed by atoms with Gasteiger partial charge >= 0.3 is 0 Å². The largest absolute Gasteiger partial charge is 0.254 e. The highest BCUT2D eigenvalue weighted by Crippen LogP contribution is 2.27. The molecule has 2 aromatic rings. The maximum absolute atomic E-state index is 14.0. The lowest BCUT2D eigenvalue weighted by Gasteiger charge is -2.27. The first-order valence-electron chi connectivity index (χ1n) is 7.94. The number of sulfonamides is 1. The van der Waals surface area contributed by atoms with E-state index in [-0.39, 0.29) is 4.90 Å². The molecule has 25 heavy (non-hydrogen) atoms. The minimum absolute atomic E-state index is 0.275. The van der Waals surface area contributed by atoms with Gasteiger partial charge in [0.1, 0.15) is 10.7 Å². The Bertz CT molecular complexity index is 918. The van der Waals surface area contributed by atoms with Crippen LogP contribution in [0.2, 0.25) is 0 Å². The molecule has 7 heteroatoms. The highest BCUT2D eigenvalue weighted by Gasteiger charge is 2.29. The third kappa shape index (κ3) is 4.16. The predicted octanol–water partition coefficient (Wildman–Crippen LogP) is 4.16. The van der Waals surface area contributed by atoms with Gasteiger partial charge in [0.25, 0.3) is 0 Å². The second kappa shape index (κ2) is 7.35. The molecule has 1 saturated heterocycles. The van der Waals surface area contributed by atoms with Gasteiger partial charge in [-0.15, -0.1) is 0 Å². The molecule has 0 radical (unpaired) electrons. The van der Waals surface area contributed by atoms with Crippen molar-refractivity contribution >= 4 is 32.0 Å². The average molecular weight is 425 g/mol. The number of halogens is 2. The number of piperidine rings is 1. The van der Waals surface area contributed by atoms with Crippen LogP contribution in [-0.4, -0.2) is 30.8 Å². The molecule has 1 aliphatic rings. The van der Waals surface area contributed by atoms with Crippen LogP contribution >= 0.6 is 15.9 Å². The quantitative estimate of drug-likeness (QED) is 0.742. The van der Waals surface area contributed by atoms with Crippen molar-refractivity contribution in [3.63, 3.8) is 0 Å². The zero-order valence-corrected chi connectivity index (χ0v) is 16.1. The van der Waals surface area contributed by atoms with Crippen LogP contribution in [0.4, 0.5) is 4.39 Å². The van der Waals surface area contributed by atoms with Crippen LogP contribution < -0.4 is 0 Å². The summed E-state index contributed by atoms with van der Waals surface area (Å²) in [6.45, 7) is 2.62. The van der Waals surface area contributed by atoms with Gasteiger partial charge in [0, 0.05) is 23.3 Å². The summed E-state index contributed by atoms with van der Waals surface area (Å²) in [5.74, 6) is -0.736. The van der Waals surface area contributed by atoms with Crippen LogP contribution in [0, 0.1) is 12.7 Å². The molecule has 0 amide bonds. The number of aromatic nitrogens is 1. The van der Waals surface area contributed by atoms with Crippen LogP contribution in [0.25, 0.3) is 6.08 Å². The molecule has 1 aliphatic heterocycles. The average Bonchev–Trinajstić information content (AvgIpc) is 2.55. The second-order valence-corrected chi connectivity index (χ2v) is 8.81. The molecule has 1 aromatic heterocycles. The number of hydrogen-bond donors (Lipinski definition) is 0. The van der Waals surface area contributed by atoms with Gasteiger partial charge in [-0.05, 0) is 56.2 Å². The monoisotopic (exact) mass is 424 g/mol. The van der Waals surface area contributed by atoms with Gasteiger partial charge in [-0.1, -0.05) is 27.6 Å². The Labute approximate surface area is 155 Å². The Morgan fingerprint density at radius 2 is 1.92 bits per heavy atom. The van der Waals surface area contributed by atoms with E-state index < -0.39 is 15.8 Å². The maximum Gasteiger partial charge on any atom is 0.246 e. The van der Waals surface area contributed by atoms with Crippen LogP contribution in [0.5, 0.6) is 0 Å². The molecule has 0 saturated carbocycles. The molecule has 3 rings (SSSR count). The Morgan fingerprint density at radius 3 is 2.56 bits per heavy atom. The highest BCUT2D eigenvalue weighted by atomic mass is 79.9. The summed E-state index contributed by atoms with van der Waals surface area (Å²) in [5, 5.41) is 0. The van der Waals surface area contributed by atoms with E-state index in [1.807, 2.05) is 31.2 Å². The van der Waals surface area contributed by atoms with Crippen LogP contribution in [0.3, 0.4) is 0 Å². The Kier molecular flexibility index (Phi) is 5.36. The molecule has 4 nitrogen and oxygen atoms in total. The first kappa shape index (κ1) is 18.2. The highest BCUT2D eigenvalue weighted by molar-refractivity contribution is 9.10. The van der Waals surface area contributed by atoms with Crippen molar-refractivity contribution in [2.75, 3.05) is 13.1 Å². The van der Waals surface area contributed by atoms with Crippen molar-refractivity contribution < 1.29 is 12.8 Å². The van der Waals surface area contributed by atoms with Gasteiger partial charge in [-0.3, -0.25) is 4.98 Å². The summed E-state index contributed by atoms with van der Waals surface area (Å²) < 4.78 is 41.2. The molecule has 0 aliphatic carbocycles. The summed E-state index contributed by atoms with van der Waals surface area (Å²) >= 11 is 3.14. The van der Waals surface area contributed by atoms with E-state index >= 15 is 0 Å². The minimum atomic E-state index is -3.82. The number of rotatable bonds is 3. The predicted molar refractivity (Wildman–Crippen MR) is 99.0 cm³/mol. The number of pyridine rings is 1. The molecule has 0 spiro atoms. The maximum atomic E-state index is 14.0. The van der Waals surface area contributed by atoms with Crippen LogP contribution in [0.15, 0.2) is 51.3 Å². The van der Waals surface area contributed by atoms with E-state index in [4.69, 9.17) is 0 Å². The third-order valence-corrected chi connectivity index (χ3v) is 6.56. The summed E-state index contributed by atoms with van der Waals surface area (Å²) in [4.78, 5) is 4.17. The van der Waals surface area contributed by atoms with Gasteiger partial charge in [-0.2, -0.15) is 4.31 Å². The second-order valence-electron chi connectivity index (χ2n) is 5.99. The van der Waals surface area contributed by atoms with Gasteiger partial charge in [0.2, 0.25) is 10.0 Å². The van der Waals surface area contributed by atoms with E-state index in [9.17, 15) is 12.8 Å². The fourth-order valence-corrected chi connectivity index (χ4v) is 4.66. The van der Waals surface area contributed by atoms with Crippen molar-refractivity contribution in [2.24, 2.45) is 0 Å². The fourth-order valence-electron chi connectivity index (χ4n) is 2.84.